The van der Waals surface area contributed by atoms with Crippen molar-refractivity contribution in [3.63, 3.8) is 0 Å². The van der Waals surface area contributed by atoms with Crippen molar-refractivity contribution in [2.45, 2.75) is 24.2 Å². The van der Waals surface area contributed by atoms with Crippen LogP contribution in [0.2, 0.25) is 0 Å². The Balaban J connectivity index is 5.01. The molecule has 0 aromatic heterocycles. The van der Waals surface area contributed by atoms with Crippen molar-refractivity contribution in [3.8, 4) is 0 Å². The lowest BCUT2D eigenvalue weighted by Crippen LogP contribution is -2.60. The Hall–Kier alpha value is -2.81. The lowest BCUT2D eigenvalue weighted by molar-refractivity contribution is -0.145. The van der Waals surface area contributed by atoms with Gasteiger partial charge in [0.05, 0.1) is 19.8 Å². The molecule has 4 atom stereocenters. The third kappa shape index (κ3) is 7.39. The molecule has 0 unspecified atom stereocenters. The van der Waals surface area contributed by atoms with Gasteiger partial charge < -0.3 is 47.8 Å². The minimum Gasteiger partial charge on any atom is -0.480 e. The van der Waals surface area contributed by atoms with E-state index in [1.165, 1.54) is 0 Å². The highest BCUT2D eigenvalue weighted by Gasteiger charge is 2.34. The van der Waals surface area contributed by atoms with Crippen LogP contribution in [-0.4, -0.2) is 94.0 Å². The summed E-state index contributed by atoms with van der Waals surface area (Å²) in [6.07, 6.45) is -2.22. The van der Waals surface area contributed by atoms with E-state index in [-0.39, 0.29) is 0 Å². The van der Waals surface area contributed by atoms with Crippen molar-refractivity contribution in [1.82, 2.24) is 16.0 Å². The molecule has 0 aromatic carbocycles. The Morgan fingerprint density at radius 2 is 1.54 bits per heavy atom. The van der Waals surface area contributed by atoms with E-state index < -0.39 is 73.6 Å². The molecule has 0 aliphatic rings. The van der Waals surface area contributed by atoms with E-state index in [9.17, 15) is 29.1 Å². The molecule has 0 aliphatic carbocycles. The van der Waals surface area contributed by atoms with Crippen LogP contribution in [-0.2, 0) is 24.0 Å². The lowest BCUT2D eigenvalue weighted by Gasteiger charge is -2.23. The van der Waals surface area contributed by atoms with Crippen molar-refractivity contribution < 1.29 is 44.4 Å². The molecule has 26 heavy (non-hydrogen) atoms. The van der Waals surface area contributed by atoms with Crippen LogP contribution in [0.3, 0.4) is 0 Å². The molecule has 0 aliphatic heterocycles. The molecule has 14 nitrogen and oxygen atoms in total. The van der Waals surface area contributed by atoms with Crippen molar-refractivity contribution >= 4 is 29.6 Å². The maximum atomic E-state index is 12.0. The fourth-order valence-corrected chi connectivity index (χ4v) is 1.50. The summed E-state index contributed by atoms with van der Waals surface area (Å²) >= 11 is 0. The Morgan fingerprint density at radius 1 is 0.962 bits per heavy atom. The van der Waals surface area contributed by atoms with E-state index in [1.54, 1.807) is 5.32 Å². The smallest absolute Gasteiger partial charge is 0.328 e. The highest BCUT2D eigenvalue weighted by atomic mass is 16.4. The number of hydrogen-bond acceptors (Lipinski definition) is 9. The SMILES string of the molecule is NC(=O)[C@@H](O)[C@H](NC(=O)CNC(=O)[C@@H](N)CO)C(=O)N[C@@H](CO)C(=O)O. The summed E-state index contributed by atoms with van der Waals surface area (Å²) in [4.78, 5) is 56.9. The molecular formula is C12H21N5O9. The van der Waals surface area contributed by atoms with Gasteiger partial charge in [0, 0.05) is 0 Å². The van der Waals surface area contributed by atoms with Gasteiger partial charge in [-0.2, -0.15) is 0 Å². The Bertz CT molecular complexity index is 555. The average Bonchev–Trinajstić information content (AvgIpc) is 2.59. The number of aliphatic hydroxyl groups excluding tert-OH is 3. The first kappa shape index (κ1) is 23.2. The summed E-state index contributed by atoms with van der Waals surface area (Å²) in [5.41, 5.74) is 10.1. The molecule has 14 heteroatoms. The quantitative estimate of drug-likeness (QED) is 0.164. The number of aliphatic carboxylic acids is 1. The van der Waals surface area contributed by atoms with Crippen LogP contribution in [0.25, 0.3) is 0 Å². The third-order valence-corrected chi connectivity index (χ3v) is 2.96. The lowest BCUT2D eigenvalue weighted by atomic mass is 10.1. The van der Waals surface area contributed by atoms with Gasteiger partial charge in [-0.05, 0) is 0 Å². The number of carbonyl (C=O) groups excluding carboxylic acids is 4. The summed E-state index contributed by atoms with van der Waals surface area (Å²) in [7, 11) is 0. The number of carboxylic acid groups (broad SMARTS) is 1. The molecule has 0 radical (unpaired) electrons. The highest BCUT2D eigenvalue weighted by molar-refractivity contribution is 5.96. The number of nitrogens with two attached hydrogens (primary N) is 2. The number of carboxylic acids is 1. The number of amides is 4. The number of rotatable bonds is 11. The van der Waals surface area contributed by atoms with Gasteiger partial charge in [0.2, 0.25) is 23.6 Å². The zero-order chi connectivity index (χ0) is 20.4. The number of carbonyl (C=O) groups is 5. The van der Waals surface area contributed by atoms with Gasteiger partial charge in [0.25, 0.3) is 0 Å². The van der Waals surface area contributed by atoms with Crippen molar-refractivity contribution in [2.75, 3.05) is 19.8 Å². The molecule has 0 heterocycles. The second-order valence-electron chi connectivity index (χ2n) is 4.98. The van der Waals surface area contributed by atoms with Gasteiger partial charge in [-0.3, -0.25) is 19.2 Å². The molecule has 0 fully saturated rings. The summed E-state index contributed by atoms with van der Waals surface area (Å²) < 4.78 is 0. The molecule has 0 spiro atoms. The standard InChI is InChI=1S/C12H21N5O9/c13-4(2-18)10(23)15-1-6(20)17-7(8(21)9(14)22)11(24)16-5(3-19)12(25)26/h4-5,7-8,18-19,21H,1-3,13H2,(H2,14,22)(H,15,23)(H,16,24)(H,17,20)(H,25,26)/t4-,5-,7-,8-/m0/s1. The fourth-order valence-electron chi connectivity index (χ4n) is 1.50. The molecule has 0 aromatic rings. The summed E-state index contributed by atoms with van der Waals surface area (Å²) in [6.45, 7) is -2.41. The Kier molecular flexibility index (Phi) is 9.75. The molecule has 0 saturated carbocycles. The third-order valence-electron chi connectivity index (χ3n) is 2.96. The maximum Gasteiger partial charge on any atom is 0.328 e. The normalized spacial score (nSPS) is 15.1. The van der Waals surface area contributed by atoms with Crippen LogP contribution in [0, 0.1) is 0 Å². The van der Waals surface area contributed by atoms with Crippen molar-refractivity contribution in [1.29, 1.82) is 0 Å². The molecule has 0 bridgehead atoms. The Morgan fingerprint density at radius 3 is 1.96 bits per heavy atom. The summed E-state index contributed by atoms with van der Waals surface area (Å²) in [6, 6.07) is -5.04. The average molecular weight is 379 g/mol. The predicted molar refractivity (Wildman–Crippen MR) is 81.9 cm³/mol. The van der Waals surface area contributed by atoms with E-state index in [0.29, 0.717) is 0 Å². The van der Waals surface area contributed by atoms with Gasteiger partial charge in [-0.25, -0.2) is 4.79 Å². The first-order valence-corrected chi connectivity index (χ1v) is 7.10. The molecule has 4 amide bonds. The van der Waals surface area contributed by atoms with Gasteiger partial charge >= 0.3 is 5.97 Å². The molecule has 0 saturated heterocycles. The van der Waals surface area contributed by atoms with E-state index in [1.807, 2.05) is 10.6 Å². The second kappa shape index (κ2) is 10.9. The van der Waals surface area contributed by atoms with Gasteiger partial charge in [-0.15, -0.1) is 0 Å². The Labute approximate surface area is 146 Å². The zero-order valence-corrected chi connectivity index (χ0v) is 13.4. The van der Waals surface area contributed by atoms with Crippen LogP contribution in [0.5, 0.6) is 0 Å². The minimum absolute atomic E-state index is 0.684. The monoisotopic (exact) mass is 379 g/mol. The second-order valence-corrected chi connectivity index (χ2v) is 4.98. The van der Waals surface area contributed by atoms with Crippen LogP contribution >= 0.6 is 0 Å². The summed E-state index contributed by atoms with van der Waals surface area (Å²) in [5, 5.41) is 41.6. The fraction of sp³-hybridized carbons (Fsp3) is 0.583. The van der Waals surface area contributed by atoms with Crippen molar-refractivity contribution in [3.05, 3.63) is 0 Å². The highest BCUT2D eigenvalue weighted by Crippen LogP contribution is 1.96. The first-order chi connectivity index (χ1) is 12.0. The molecule has 0 rings (SSSR count). The van der Waals surface area contributed by atoms with E-state index in [2.05, 4.69) is 0 Å². The molecule has 11 N–H and O–H groups in total. The van der Waals surface area contributed by atoms with E-state index in [4.69, 9.17) is 26.8 Å². The van der Waals surface area contributed by atoms with Crippen LogP contribution in [0.4, 0.5) is 0 Å². The van der Waals surface area contributed by atoms with Crippen LogP contribution in [0.1, 0.15) is 0 Å². The number of hydrogen-bond donors (Lipinski definition) is 9. The molecular weight excluding hydrogens is 358 g/mol. The van der Waals surface area contributed by atoms with Gasteiger partial charge in [0.1, 0.15) is 18.1 Å². The number of primary amides is 1. The van der Waals surface area contributed by atoms with E-state index >= 15 is 0 Å². The maximum absolute atomic E-state index is 12.0. The van der Waals surface area contributed by atoms with Crippen molar-refractivity contribution in [2.24, 2.45) is 11.5 Å². The van der Waals surface area contributed by atoms with Gasteiger partial charge in [-0.1, -0.05) is 0 Å². The van der Waals surface area contributed by atoms with E-state index in [0.717, 1.165) is 0 Å². The first-order valence-electron chi connectivity index (χ1n) is 7.10. The molecule has 148 valence electrons. The topological polar surface area (TPSA) is 254 Å². The van der Waals surface area contributed by atoms with Crippen LogP contribution < -0.4 is 27.4 Å². The number of nitrogens with one attached hydrogen (secondary N) is 3. The van der Waals surface area contributed by atoms with Gasteiger partial charge in [0.15, 0.2) is 6.10 Å². The summed E-state index contributed by atoms with van der Waals surface area (Å²) in [5.74, 6) is -6.26. The zero-order valence-electron chi connectivity index (χ0n) is 13.4. The predicted octanol–water partition coefficient (Wildman–Crippen LogP) is -6.69. The minimum atomic E-state index is -2.22. The largest absolute Gasteiger partial charge is 0.480 e. The number of aliphatic hydroxyl groups is 3. The van der Waals surface area contributed by atoms with Crippen LogP contribution in [0.15, 0.2) is 0 Å².